The third-order valence-electron chi connectivity index (χ3n) is 6.46. The van der Waals surface area contributed by atoms with E-state index in [2.05, 4.69) is 41.3 Å². The highest BCUT2D eigenvalue weighted by Crippen LogP contribution is 2.40. The van der Waals surface area contributed by atoms with E-state index >= 15 is 0 Å². The predicted molar refractivity (Wildman–Crippen MR) is 171 cm³/mol. The molecule has 0 saturated carbocycles. The minimum Gasteiger partial charge on any atom is -0.494 e. The fourth-order valence-corrected chi connectivity index (χ4v) is 6.41. The Balaban J connectivity index is 1.46. The van der Waals surface area contributed by atoms with Crippen LogP contribution in [-0.4, -0.2) is 111 Å². The zero-order chi connectivity index (χ0) is 32.4. The molecule has 45 heavy (non-hydrogen) atoms. The Kier molecular flexibility index (Phi) is 9.11. The first-order chi connectivity index (χ1) is 21.3. The predicted octanol–water partition coefficient (Wildman–Crippen LogP) is 0.912. The molecular weight excluding hydrogens is 615 g/mol. The van der Waals surface area contributed by atoms with Gasteiger partial charge in [-0.2, -0.15) is 5.10 Å². The lowest BCUT2D eigenvalue weighted by Gasteiger charge is -2.26. The summed E-state index contributed by atoms with van der Waals surface area (Å²) in [6, 6.07) is 10.2. The maximum atomic E-state index is 13.1. The number of carbonyl (C=O) groups excluding carboxylic acids is 2. The number of hydrogen-bond donors (Lipinski definition) is 3. The Labute approximate surface area is 266 Å². The van der Waals surface area contributed by atoms with E-state index in [0.29, 0.717) is 32.7 Å². The van der Waals surface area contributed by atoms with Gasteiger partial charge >= 0.3 is 0 Å². The number of thiazole rings is 1. The minimum absolute atomic E-state index is 0.0751. The molecule has 14 nitrogen and oxygen atoms in total. The largest absolute Gasteiger partial charge is 0.494 e. The molecule has 4 heterocycles. The minimum atomic E-state index is -3.14. The molecule has 224 valence electrons. The molecule has 1 aliphatic heterocycles. The second-order valence-corrected chi connectivity index (χ2v) is 13.4. The monoisotopic (exact) mass is 639 g/mol. The summed E-state index contributed by atoms with van der Waals surface area (Å²) in [7, 11) is 15.1. The molecule has 19 heteroatoms. The van der Waals surface area contributed by atoms with Crippen molar-refractivity contribution in [1.82, 2.24) is 35.6 Å². The van der Waals surface area contributed by atoms with Gasteiger partial charge in [0.1, 0.15) is 9.88 Å². The molecule has 1 fully saturated rings. The molecule has 0 spiro atoms. The van der Waals surface area contributed by atoms with Crippen molar-refractivity contribution in [3.05, 3.63) is 58.9 Å². The molecule has 6 radical (unpaired) electrons. The maximum Gasteiger partial charge on any atom is 0.272 e. The maximum absolute atomic E-state index is 13.1. The van der Waals surface area contributed by atoms with Crippen molar-refractivity contribution >= 4 is 79.5 Å². The summed E-state index contributed by atoms with van der Waals surface area (Å²) in [5.74, 6) is -0.277. The van der Waals surface area contributed by atoms with Crippen LogP contribution in [0.4, 0.5) is 23.0 Å². The summed E-state index contributed by atoms with van der Waals surface area (Å²) < 4.78 is 29.3. The Bertz CT molecular complexity index is 1840. The lowest BCUT2D eigenvalue weighted by Crippen LogP contribution is -2.50. The van der Waals surface area contributed by atoms with E-state index in [-0.39, 0.29) is 47.7 Å². The van der Waals surface area contributed by atoms with Crippen LogP contribution >= 0.6 is 11.3 Å². The fourth-order valence-electron chi connectivity index (χ4n) is 4.31. The summed E-state index contributed by atoms with van der Waals surface area (Å²) >= 11 is 1.14. The quantitative estimate of drug-likeness (QED) is 0.221. The van der Waals surface area contributed by atoms with Crippen molar-refractivity contribution < 1.29 is 22.7 Å². The first-order valence-electron chi connectivity index (χ1n) is 13.4. The fraction of sp³-hybridized carbons (Fsp3) is 0.269. The van der Waals surface area contributed by atoms with E-state index in [9.17, 15) is 18.0 Å². The smallest absolute Gasteiger partial charge is 0.272 e. The summed E-state index contributed by atoms with van der Waals surface area (Å²) in [5.41, 5.74) is 1.70. The molecular formula is C26H24B3N9O5S2. The standard InChI is InChI=1S/C26H24B3N9O5S2/c1-14-6-7-19(35-34-14)32-20-12-17(21(37-36-20)23(39)33-26(27,28)29)31-16-5-3-4-15(22(16)43-2)24-30-13-18(44-24)25(40)38-8-10-45(41,42)11-9-38/h3-7,12-13H,8-11H2,1-2H3,(H,33,39)(H2,31,32,35,36). The summed E-state index contributed by atoms with van der Waals surface area (Å²) in [5, 5.41) is 23.0. The number of para-hydroxylation sites is 1. The lowest BCUT2D eigenvalue weighted by atomic mass is 9.49. The molecule has 1 aromatic carbocycles. The van der Waals surface area contributed by atoms with Gasteiger partial charge in [0.15, 0.2) is 32.9 Å². The number of amides is 2. The summed E-state index contributed by atoms with van der Waals surface area (Å²) in [6.07, 6.45) is 1.45. The van der Waals surface area contributed by atoms with Gasteiger partial charge in [0.25, 0.3) is 11.8 Å². The first-order valence-corrected chi connectivity index (χ1v) is 16.0. The molecule has 0 aliphatic carbocycles. The van der Waals surface area contributed by atoms with Gasteiger partial charge in [-0.1, -0.05) is 11.3 Å². The number of aryl methyl sites for hydroxylation is 1. The van der Waals surface area contributed by atoms with Gasteiger partial charge in [-0.3, -0.25) is 9.59 Å². The molecule has 0 atom stereocenters. The highest BCUT2D eigenvalue weighted by atomic mass is 32.2. The molecule has 1 aliphatic rings. The van der Waals surface area contributed by atoms with Crippen LogP contribution in [0.15, 0.2) is 42.6 Å². The average Bonchev–Trinajstić information content (AvgIpc) is 3.47. The van der Waals surface area contributed by atoms with Crippen molar-refractivity contribution in [3.8, 4) is 16.3 Å². The van der Waals surface area contributed by atoms with E-state index in [1.54, 1.807) is 37.3 Å². The molecule has 0 unspecified atom stereocenters. The molecule has 3 N–H and O–H groups in total. The third-order valence-corrected chi connectivity index (χ3v) is 9.09. The van der Waals surface area contributed by atoms with Crippen molar-refractivity contribution in [2.75, 3.05) is 42.3 Å². The van der Waals surface area contributed by atoms with E-state index < -0.39 is 21.0 Å². The number of nitrogens with one attached hydrogen (secondary N) is 3. The first kappa shape index (κ1) is 31.9. The highest BCUT2D eigenvalue weighted by Gasteiger charge is 2.28. The lowest BCUT2D eigenvalue weighted by molar-refractivity contribution is 0.0774. The number of rotatable bonds is 9. The molecule has 5 rings (SSSR count). The van der Waals surface area contributed by atoms with Gasteiger partial charge in [-0.25, -0.2) is 13.4 Å². The Morgan fingerprint density at radius 1 is 0.978 bits per heavy atom. The van der Waals surface area contributed by atoms with Crippen LogP contribution in [0.25, 0.3) is 10.6 Å². The van der Waals surface area contributed by atoms with Crippen molar-refractivity contribution in [2.45, 2.75) is 12.2 Å². The topological polar surface area (TPSA) is 181 Å². The van der Waals surface area contributed by atoms with Gasteiger partial charge in [0.2, 0.25) is 0 Å². The number of anilines is 4. The summed E-state index contributed by atoms with van der Waals surface area (Å²) in [4.78, 5) is 32.4. The molecule has 0 bridgehead atoms. The normalized spacial score (nSPS) is 14.4. The van der Waals surface area contributed by atoms with Crippen LogP contribution in [0.3, 0.4) is 0 Å². The van der Waals surface area contributed by atoms with Gasteiger partial charge in [-0.05, 0) is 31.2 Å². The number of ether oxygens (including phenoxy) is 1. The van der Waals surface area contributed by atoms with Crippen molar-refractivity contribution in [1.29, 1.82) is 0 Å². The number of benzene rings is 1. The van der Waals surface area contributed by atoms with Gasteiger partial charge in [-0.15, -0.1) is 26.6 Å². The van der Waals surface area contributed by atoms with Crippen molar-refractivity contribution in [3.63, 3.8) is 0 Å². The van der Waals surface area contributed by atoms with Gasteiger partial charge in [0, 0.05) is 19.2 Å². The van der Waals surface area contributed by atoms with Crippen LogP contribution in [0.2, 0.25) is 0 Å². The molecule has 2 amide bonds. The number of aromatic nitrogens is 5. The number of hydrogen-bond acceptors (Lipinski definition) is 13. The van der Waals surface area contributed by atoms with E-state index in [1.165, 1.54) is 24.3 Å². The Hall–Kier alpha value is -4.51. The van der Waals surface area contributed by atoms with E-state index in [4.69, 9.17) is 28.3 Å². The van der Waals surface area contributed by atoms with Crippen LogP contribution in [0, 0.1) is 6.92 Å². The number of nitrogens with zero attached hydrogens (tertiary/aromatic N) is 6. The van der Waals surface area contributed by atoms with Crippen LogP contribution < -0.4 is 20.7 Å². The zero-order valence-electron chi connectivity index (χ0n) is 24.1. The SMILES string of the molecule is [B]C([B])([B])NC(=O)c1nnc(Nc2ccc(C)nn2)cc1Nc1cccc(-c2ncc(C(=O)N3CCS(=O)(=O)CC3)s2)c1OC. The Morgan fingerprint density at radius 2 is 1.71 bits per heavy atom. The van der Waals surface area contributed by atoms with Crippen LogP contribution in [0.1, 0.15) is 25.9 Å². The van der Waals surface area contributed by atoms with Crippen LogP contribution in [-0.2, 0) is 9.84 Å². The molecule has 1 saturated heterocycles. The molecule has 4 aromatic rings. The summed E-state index contributed by atoms with van der Waals surface area (Å²) in [6.45, 7) is 2.05. The zero-order valence-corrected chi connectivity index (χ0v) is 25.8. The number of carbonyl (C=O) groups is 2. The van der Waals surface area contributed by atoms with Gasteiger partial charge in [0.05, 0.1) is 71.0 Å². The molecule has 3 aromatic heterocycles. The third kappa shape index (κ3) is 7.78. The number of sulfone groups is 1. The second kappa shape index (κ2) is 12.8. The van der Waals surface area contributed by atoms with Crippen LogP contribution in [0.5, 0.6) is 5.75 Å². The number of methoxy groups -OCH3 is 1. The van der Waals surface area contributed by atoms with Crippen molar-refractivity contribution in [2.24, 2.45) is 0 Å². The van der Waals surface area contributed by atoms with E-state index in [0.717, 1.165) is 17.0 Å². The average molecular weight is 639 g/mol. The Morgan fingerprint density at radius 3 is 2.38 bits per heavy atom. The highest BCUT2D eigenvalue weighted by molar-refractivity contribution is 7.91. The second-order valence-electron chi connectivity index (χ2n) is 10.0. The van der Waals surface area contributed by atoms with Gasteiger partial charge < -0.3 is 25.6 Å². The van der Waals surface area contributed by atoms with E-state index in [1.807, 2.05) is 0 Å².